The normalized spacial score (nSPS) is 13.8. The zero-order valence-corrected chi connectivity index (χ0v) is 15.0. The van der Waals surface area contributed by atoms with Crippen molar-refractivity contribution in [1.29, 1.82) is 0 Å². The van der Waals surface area contributed by atoms with Crippen LogP contribution in [-0.4, -0.2) is 20.9 Å². The summed E-state index contributed by atoms with van der Waals surface area (Å²) in [6.07, 6.45) is -4.55. The Labute approximate surface area is 162 Å². The topological polar surface area (TPSA) is 30.7 Å². The number of allylic oxidation sites excluding steroid dienone is 1. The second-order valence-corrected chi connectivity index (χ2v) is 6.44. The van der Waals surface area contributed by atoms with Gasteiger partial charge in [-0.25, -0.2) is 9.67 Å². The number of hydrogen-bond acceptors (Lipinski definition) is 2. The van der Waals surface area contributed by atoms with Crippen LogP contribution >= 0.6 is 0 Å². The highest BCUT2D eigenvalue weighted by Crippen LogP contribution is 2.39. The summed E-state index contributed by atoms with van der Waals surface area (Å²) >= 11 is 0. The third kappa shape index (κ3) is 5.04. The Bertz CT molecular complexity index is 987. The number of alkyl halides is 6. The van der Waals surface area contributed by atoms with E-state index in [-0.39, 0.29) is 5.56 Å². The summed E-state index contributed by atoms with van der Waals surface area (Å²) in [6, 6.07) is 8.94. The van der Waals surface area contributed by atoms with E-state index >= 15 is 0 Å². The maximum atomic E-state index is 13.6. The molecule has 1 aromatic heterocycles. The van der Waals surface area contributed by atoms with Crippen LogP contribution in [-0.2, 0) is 6.18 Å². The highest BCUT2D eigenvalue weighted by atomic mass is 19.4. The van der Waals surface area contributed by atoms with Gasteiger partial charge in [-0.3, -0.25) is 0 Å². The number of rotatable bonds is 4. The average Bonchev–Trinajstić information content (AvgIpc) is 3.15. The van der Waals surface area contributed by atoms with Gasteiger partial charge in [-0.15, -0.1) is 0 Å². The van der Waals surface area contributed by atoms with Crippen molar-refractivity contribution in [3.63, 3.8) is 0 Å². The highest BCUT2D eigenvalue weighted by Gasteiger charge is 2.40. The SMILES string of the molecule is Cc1cc(C(/C=C/c2ccc(-n3cncn3)cc2)C(F)(F)F)cc(C(F)(F)F)c1. The van der Waals surface area contributed by atoms with Crippen LogP contribution in [0.15, 0.2) is 61.2 Å². The van der Waals surface area contributed by atoms with Crippen molar-refractivity contribution in [2.75, 3.05) is 0 Å². The molecule has 1 atom stereocenters. The molecular weight excluding hydrogens is 396 g/mol. The molecule has 0 fully saturated rings. The van der Waals surface area contributed by atoms with E-state index in [1.54, 1.807) is 24.3 Å². The molecule has 0 amide bonds. The van der Waals surface area contributed by atoms with Crippen molar-refractivity contribution in [2.45, 2.75) is 25.2 Å². The highest BCUT2D eigenvalue weighted by molar-refractivity contribution is 5.53. The molecule has 0 aliphatic rings. The largest absolute Gasteiger partial charge is 0.416 e. The van der Waals surface area contributed by atoms with Gasteiger partial charge in [0.05, 0.1) is 17.2 Å². The second kappa shape index (κ2) is 7.73. The van der Waals surface area contributed by atoms with Crippen LogP contribution in [0.5, 0.6) is 0 Å². The molecule has 0 aliphatic heterocycles. The lowest BCUT2D eigenvalue weighted by Crippen LogP contribution is -2.20. The van der Waals surface area contributed by atoms with Crippen LogP contribution in [0.25, 0.3) is 11.8 Å². The Morgan fingerprint density at radius 3 is 2.21 bits per heavy atom. The summed E-state index contributed by atoms with van der Waals surface area (Å²) in [7, 11) is 0. The first-order chi connectivity index (χ1) is 13.5. The molecule has 3 nitrogen and oxygen atoms in total. The maximum absolute atomic E-state index is 13.6. The van der Waals surface area contributed by atoms with E-state index in [1.807, 2.05) is 0 Å². The summed E-state index contributed by atoms with van der Waals surface area (Å²) in [6.45, 7) is 1.33. The third-order valence-corrected chi connectivity index (χ3v) is 4.20. The van der Waals surface area contributed by atoms with Crippen LogP contribution in [0.2, 0.25) is 0 Å². The second-order valence-electron chi connectivity index (χ2n) is 6.44. The standard InChI is InChI=1S/C20H15F6N3/c1-13-8-15(10-16(9-13)19(21,22)23)18(20(24,25)26)7-4-14-2-5-17(6-3-14)29-12-27-11-28-29/h2-12,18H,1H3/b7-4+. The van der Waals surface area contributed by atoms with Crippen molar-refractivity contribution in [1.82, 2.24) is 14.8 Å². The Hall–Kier alpha value is -3.10. The van der Waals surface area contributed by atoms with Crippen molar-refractivity contribution in [3.05, 3.63) is 83.4 Å². The van der Waals surface area contributed by atoms with Crippen LogP contribution in [0, 0.1) is 6.92 Å². The molecule has 0 radical (unpaired) electrons. The van der Waals surface area contributed by atoms with Crippen LogP contribution in [0.4, 0.5) is 26.3 Å². The number of hydrogen-bond donors (Lipinski definition) is 0. The molecule has 29 heavy (non-hydrogen) atoms. The van der Waals surface area contributed by atoms with E-state index in [2.05, 4.69) is 10.1 Å². The molecule has 9 heteroatoms. The molecule has 0 N–H and O–H groups in total. The lowest BCUT2D eigenvalue weighted by molar-refractivity contribution is -0.142. The van der Waals surface area contributed by atoms with E-state index in [4.69, 9.17) is 0 Å². The molecule has 0 saturated carbocycles. The van der Waals surface area contributed by atoms with E-state index in [1.165, 1.54) is 30.3 Å². The van der Waals surface area contributed by atoms with E-state index in [0.717, 1.165) is 18.2 Å². The van der Waals surface area contributed by atoms with E-state index in [0.29, 0.717) is 17.3 Å². The first-order valence-corrected chi connectivity index (χ1v) is 8.43. The Kier molecular flexibility index (Phi) is 5.50. The Balaban J connectivity index is 1.92. The van der Waals surface area contributed by atoms with E-state index in [9.17, 15) is 26.3 Å². The first-order valence-electron chi connectivity index (χ1n) is 8.43. The first kappa shape index (κ1) is 20.6. The molecule has 1 unspecified atom stereocenters. The Morgan fingerprint density at radius 2 is 1.66 bits per heavy atom. The summed E-state index contributed by atoms with van der Waals surface area (Å²) in [5, 5.41) is 3.95. The monoisotopic (exact) mass is 411 g/mol. The minimum Gasteiger partial charge on any atom is -0.223 e. The molecule has 3 rings (SSSR count). The van der Waals surface area contributed by atoms with Crippen molar-refractivity contribution in [2.24, 2.45) is 0 Å². The molecule has 1 heterocycles. The van der Waals surface area contributed by atoms with Crippen LogP contribution < -0.4 is 0 Å². The van der Waals surface area contributed by atoms with Gasteiger partial charge in [0.2, 0.25) is 0 Å². The lowest BCUT2D eigenvalue weighted by atomic mass is 9.93. The predicted octanol–water partition coefficient (Wildman–Crippen LogP) is 5.95. The van der Waals surface area contributed by atoms with Gasteiger partial charge in [-0.1, -0.05) is 35.9 Å². The van der Waals surface area contributed by atoms with Gasteiger partial charge in [-0.2, -0.15) is 31.4 Å². The number of aryl methyl sites for hydroxylation is 1. The van der Waals surface area contributed by atoms with Gasteiger partial charge in [0, 0.05) is 0 Å². The minimum absolute atomic E-state index is 0.106. The fourth-order valence-electron chi connectivity index (χ4n) is 2.85. The zero-order chi connectivity index (χ0) is 21.2. The molecule has 0 aliphatic carbocycles. The summed E-state index contributed by atoms with van der Waals surface area (Å²) in [5.41, 5.74) is -0.324. The number of nitrogens with zero attached hydrogens (tertiary/aromatic N) is 3. The molecular formula is C20H15F6N3. The Morgan fingerprint density at radius 1 is 0.966 bits per heavy atom. The summed E-state index contributed by atoms with van der Waals surface area (Å²) in [5.74, 6) is -2.17. The maximum Gasteiger partial charge on any atom is 0.416 e. The van der Waals surface area contributed by atoms with Gasteiger partial charge in [0.25, 0.3) is 0 Å². The number of aromatic nitrogens is 3. The zero-order valence-electron chi connectivity index (χ0n) is 15.0. The molecule has 0 saturated heterocycles. The van der Waals surface area contributed by atoms with Crippen molar-refractivity contribution < 1.29 is 26.3 Å². The van der Waals surface area contributed by atoms with Gasteiger partial charge < -0.3 is 0 Å². The molecule has 3 aromatic rings. The predicted molar refractivity (Wildman–Crippen MR) is 95.4 cm³/mol. The van der Waals surface area contributed by atoms with Crippen LogP contribution in [0.3, 0.4) is 0 Å². The van der Waals surface area contributed by atoms with Crippen molar-refractivity contribution in [3.8, 4) is 5.69 Å². The summed E-state index contributed by atoms with van der Waals surface area (Å²) < 4.78 is 81.2. The molecule has 0 bridgehead atoms. The minimum atomic E-state index is -4.74. The average molecular weight is 411 g/mol. The fourth-order valence-corrected chi connectivity index (χ4v) is 2.85. The lowest BCUT2D eigenvalue weighted by Gasteiger charge is -2.19. The van der Waals surface area contributed by atoms with Gasteiger partial charge >= 0.3 is 12.4 Å². The van der Waals surface area contributed by atoms with E-state index < -0.39 is 29.4 Å². The smallest absolute Gasteiger partial charge is 0.223 e. The molecule has 0 spiro atoms. The third-order valence-electron chi connectivity index (χ3n) is 4.20. The quantitative estimate of drug-likeness (QED) is 0.497. The van der Waals surface area contributed by atoms with Crippen LogP contribution in [0.1, 0.15) is 28.2 Å². The fraction of sp³-hybridized carbons (Fsp3) is 0.200. The number of benzene rings is 2. The number of halogens is 6. The van der Waals surface area contributed by atoms with Gasteiger partial charge in [-0.05, 0) is 42.3 Å². The van der Waals surface area contributed by atoms with Gasteiger partial charge in [0.15, 0.2) is 0 Å². The summed E-state index contributed by atoms with van der Waals surface area (Å²) in [4.78, 5) is 3.81. The molecule has 152 valence electrons. The van der Waals surface area contributed by atoms with Crippen molar-refractivity contribution >= 4 is 6.08 Å². The molecule has 2 aromatic carbocycles. The van der Waals surface area contributed by atoms with Gasteiger partial charge in [0.1, 0.15) is 12.7 Å².